The summed E-state index contributed by atoms with van der Waals surface area (Å²) in [6.07, 6.45) is 10.8. The number of nitrogens with zero attached hydrogens (tertiary/aromatic N) is 1. The van der Waals surface area contributed by atoms with Gasteiger partial charge >= 0.3 is 5.97 Å². The number of aromatic carboxylic acids is 1. The van der Waals surface area contributed by atoms with Crippen LogP contribution in [0, 0.1) is 11.8 Å². The summed E-state index contributed by atoms with van der Waals surface area (Å²) in [7, 11) is 0. The average Bonchev–Trinajstić information content (AvgIpc) is 3.98. The molecule has 0 radical (unpaired) electrons. The highest BCUT2D eigenvalue weighted by molar-refractivity contribution is 5.99. The van der Waals surface area contributed by atoms with Crippen LogP contribution in [0.2, 0.25) is 0 Å². The Morgan fingerprint density at radius 3 is 1.31 bits per heavy atom. The molecule has 2 aliphatic heterocycles. The minimum atomic E-state index is -1.01. The topological polar surface area (TPSA) is 141 Å². The van der Waals surface area contributed by atoms with Gasteiger partial charge in [-0.05, 0) is 135 Å². The number of aliphatic hydroxyl groups excluding tert-OH is 2. The fourth-order valence-corrected chi connectivity index (χ4v) is 9.30. The maximum absolute atomic E-state index is 12.8. The predicted octanol–water partition coefficient (Wildman–Crippen LogP) is 8.11. The fraction of sp³-hybridized carbons (Fsp3) is 0.440. The van der Waals surface area contributed by atoms with Gasteiger partial charge in [0.1, 0.15) is 0 Å². The van der Waals surface area contributed by atoms with Crippen LogP contribution in [0.15, 0.2) is 97.1 Å². The molecular formula is C50H57NO8. The van der Waals surface area contributed by atoms with Crippen LogP contribution in [0.5, 0.6) is 0 Å². The molecule has 4 aromatic carbocycles. The molecule has 0 aromatic heterocycles. The van der Waals surface area contributed by atoms with E-state index in [4.69, 9.17) is 9.84 Å². The summed E-state index contributed by atoms with van der Waals surface area (Å²) < 4.78 is 5.81. The molecule has 2 heterocycles. The SMILES string of the molecule is O=C(CCC(O)CCC1Cc2ccccc2C1)c1ccc(C(=O)N2CC3CCC(C2)O3)cc1.O=C(O)c1ccc(C(=O)CCC(O)CCC2Cc3ccccc3C2)cc1. The van der Waals surface area contributed by atoms with E-state index in [1.54, 1.807) is 24.3 Å². The number of amides is 1. The second kappa shape index (κ2) is 19.9. The first-order chi connectivity index (χ1) is 28.6. The summed E-state index contributed by atoms with van der Waals surface area (Å²) in [5.74, 6) is 0.146. The summed E-state index contributed by atoms with van der Waals surface area (Å²) in [4.78, 5) is 50.3. The molecule has 1 amide bonds. The molecule has 8 rings (SSSR count). The summed E-state index contributed by atoms with van der Waals surface area (Å²) in [6, 6.07) is 30.0. The molecule has 4 unspecified atom stereocenters. The van der Waals surface area contributed by atoms with Gasteiger partial charge in [-0.2, -0.15) is 0 Å². The molecule has 2 saturated heterocycles. The maximum Gasteiger partial charge on any atom is 0.335 e. The van der Waals surface area contributed by atoms with Crippen LogP contribution < -0.4 is 0 Å². The second-order valence-corrected chi connectivity index (χ2v) is 17.1. The molecule has 0 saturated carbocycles. The second-order valence-electron chi connectivity index (χ2n) is 17.1. The lowest BCUT2D eigenvalue weighted by molar-refractivity contribution is -0.0303. The first kappa shape index (κ1) is 42.2. The number of carboxylic acid groups (broad SMARTS) is 1. The van der Waals surface area contributed by atoms with Crippen molar-refractivity contribution < 1.29 is 39.2 Å². The third kappa shape index (κ3) is 11.4. The van der Waals surface area contributed by atoms with Gasteiger partial charge in [-0.15, -0.1) is 0 Å². The van der Waals surface area contributed by atoms with E-state index >= 15 is 0 Å². The van der Waals surface area contributed by atoms with Crippen molar-refractivity contribution >= 4 is 23.4 Å². The highest BCUT2D eigenvalue weighted by atomic mass is 16.5. The average molecular weight is 800 g/mol. The largest absolute Gasteiger partial charge is 0.478 e. The van der Waals surface area contributed by atoms with Gasteiger partial charge in [-0.25, -0.2) is 4.79 Å². The number of aliphatic hydroxyl groups is 2. The molecular weight excluding hydrogens is 743 g/mol. The molecule has 3 N–H and O–H groups in total. The lowest BCUT2D eigenvalue weighted by Gasteiger charge is -2.32. The van der Waals surface area contributed by atoms with Crippen molar-refractivity contribution in [2.75, 3.05) is 13.1 Å². The van der Waals surface area contributed by atoms with E-state index < -0.39 is 18.2 Å². The monoisotopic (exact) mass is 799 g/mol. The molecule has 4 aromatic rings. The Labute approximate surface area is 347 Å². The molecule has 9 heteroatoms. The molecule has 2 aliphatic carbocycles. The number of carboxylic acids is 1. The van der Waals surface area contributed by atoms with Crippen molar-refractivity contribution in [1.29, 1.82) is 0 Å². The number of carbonyl (C=O) groups is 4. The molecule has 59 heavy (non-hydrogen) atoms. The quantitative estimate of drug-likeness (QED) is 0.0966. The van der Waals surface area contributed by atoms with E-state index in [2.05, 4.69) is 48.5 Å². The molecule has 4 atom stereocenters. The van der Waals surface area contributed by atoms with Gasteiger partial charge < -0.3 is 25.0 Å². The highest BCUT2D eigenvalue weighted by Gasteiger charge is 2.36. The maximum atomic E-state index is 12.8. The van der Waals surface area contributed by atoms with Crippen molar-refractivity contribution in [2.24, 2.45) is 11.8 Å². The standard InChI is InChI=1S/C28H33NO4.C22H24O4/c30-24(10-5-19-15-22-3-1-2-4-23(22)16-19)11-14-27(31)20-6-8-21(9-7-20)28(32)29-17-25-12-13-26(18-29)33-25;23-20(10-5-15-13-18-3-1-2-4-19(18)14-15)11-12-21(24)16-6-8-17(9-7-16)22(25)26/h1-4,6-9,19,24-26,30H,5,10-18H2;1-4,6-9,15,20,23H,5,10-14H2,(H,25,26). The number of benzene rings is 4. The number of rotatable bonds is 16. The van der Waals surface area contributed by atoms with E-state index in [-0.39, 0.29) is 41.7 Å². The number of ether oxygens (including phenoxy) is 1. The van der Waals surface area contributed by atoms with Gasteiger partial charge in [0.15, 0.2) is 11.6 Å². The first-order valence-corrected chi connectivity index (χ1v) is 21.5. The summed E-state index contributed by atoms with van der Waals surface area (Å²) in [5.41, 5.74) is 7.61. The summed E-state index contributed by atoms with van der Waals surface area (Å²) in [5, 5.41) is 29.5. The molecule has 310 valence electrons. The number of ketones is 2. The molecule has 2 fully saturated rings. The Kier molecular flexibility index (Phi) is 14.2. The lowest BCUT2D eigenvalue weighted by Crippen LogP contribution is -2.45. The summed E-state index contributed by atoms with van der Waals surface area (Å²) in [6.45, 7) is 1.31. The number of fused-ring (bicyclic) bond motifs is 4. The minimum Gasteiger partial charge on any atom is -0.478 e. The number of morpholine rings is 1. The van der Waals surface area contributed by atoms with E-state index in [9.17, 15) is 29.4 Å². The van der Waals surface area contributed by atoms with Crippen LogP contribution in [0.4, 0.5) is 0 Å². The zero-order valence-corrected chi connectivity index (χ0v) is 33.8. The third-order valence-corrected chi connectivity index (χ3v) is 12.7. The Hall–Kier alpha value is -4.96. The van der Waals surface area contributed by atoms with Crippen molar-refractivity contribution in [3.63, 3.8) is 0 Å². The van der Waals surface area contributed by atoms with Crippen molar-refractivity contribution in [1.82, 2.24) is 4.90 Å². The van der Waals surface area contributed by atoms with Crippen LogP contribution in [0.1, 0.15) is 128 Å². The van der Waals surface area contributed by atoms with Crippen molar-refractivity contribution in [3.8, 4) is 0 Å². The number of likely N-dealkylation sites (tertiary alicyclic amines) is 1. The Morgan fingerprint density at radius 2 is 0.915 bits per heavy atom. The van der Waals surface area contributed by atoms with E-state index in [0.717, 1.165) is 57.8 Å². The number of carbonyl (C=O) groups excluding carboxylic acids is 3. The molecule has 9 nitrogen and oxygen atoms in total. The van der Waals surface area contributed by atoms with Crippen LogP contribution in [-0.2, 0) is 30.4 Å². The van der Waals surface area contributed by atoms with Crippen LogP contribution in [0.25, 0.3) is 0 Å². The van der Waals surface area contributed by atoms with Crippen molar-refractivity contribution in [3.05, 3.63) is 142 Å². The zero-order chi connectivity index (χ0) is 41.3. The van der Waals surface area contributed by atoms with Gasteiger partial charge in [0.05, 0.1) is 30.0 Å². The first-order valence-electron chi connectivity index (χ1n) is 21.5. The normalized spacial score (nSPS) is 19.3. The van der Waals surface area contributed by atoms with Gasteiger partial charge in [0.2, 0.25) is 0 Å². The summed E-state index contributed by atoms with van der Waals surface area (Å²) >= 11 is 0. The molecule has 0 spiro atoms. The van der Waals surface area contributed by atoms with Crippen LogP contribution >= 0.6 is 0 Å². The third-order valence-electron chi connectivity index (χ3n) is 12.7. The number of Topliss-reactive ketones (excluding diaryl/α,β-unsaturated/α-hetero) is 2. The molecule has 4 aliphatic rings. The van der Waals surface area contributed by atoms with Crippen molar-refractivity contribution in [2.45, 2.75) is 114 Å². The Bertz CT molecular complexity index is 2020. The Balaban J connectivity index is 0.000000185. The smallest absolute Gasteiger partial charge is 0.335 e. The van der Waals surface area contributed by atoms with Crippen LogP contribution in [-0.4, -0.2) is 81.2 Å². The van der Waals surface area contributed by atoms with E-state index in [0.29, 0.717) is 67.3 Å². The highest BCUT2D eigenvalue weighted by Crippen LogP contribution is 2.32. The predicted molar refractivity (Wildman–Crippen MR) is 226 cm³/mol. The lowest BCUT2D eigenvalue weighted by atomic mass is 9.95. The fourth-order valence-electron chi connectivity index (χ4n) is 9.30. The van der Waals surface area contributed by atoms with E-state index in [1.807, 2.05) is 4.90 Å². The zero-order valence-electron chi connectivity index (χ0n) is 33.8. The van der Waals surface area contributed by atoms with Gasteiger partial charge in [0.25, 0.3) is 5.91 Å². The molecule has 2 bridgehead atoms. The van der Waals surface area contributed by atoms with E-state index in [1.165, 1.54) is 46.5 Å². The van der Waals surface area contributed by atoms with Crippen LogP contribution in [0.3, 0.4) is 0 Å². The number of hydrogen-bond acceptors (Lipinski definition) is 7. The van der Waals surface area contributed by atoms with Gasteiger partial charge in [-0.3, -0.25) is 14.4 Å². The number of hydrogen-bond donors (Lipinski definition) is 3. The van der Waals surface area contributed by atoms with Gasteiger partial charge in [0, 0.05) is 42.6 Å². The van der Waals surface area contributed by atoms with Gasteiger partial charge in [-0.1, -0.05) is 72.8 Å². The Morgan fingerprint density at radius 1 is 0.542 bits per heavy atom. The minimum absolute atomic E-state index is 0.0127.